The van der Waals surface area contributed by atoms with Gasteiger partial charge in [0.15, 0.2) is 0 Å². The number of hydrogen-bond donors (Lipinski definition) is 0. The average Bonchev–Trinajstić information content (AvgIpc) is 3.24. The lowest BCUT2D eigenvalue weighted by molar-refractivity contribution is -0.386. The first-order chi connectivity index (χ1) is 14.7. The molecule has 2 atom stereocenters. The van der Waals surface area contributed by atoms with Crippen LogP contribution < -0.4 is 9.47 Å². The lowest BCUT2D eigenvalue weighted by Crippen LogP contribution is -2.34. The van der Waals surface area contributed by atoms with Gasteiger partial charge in [0.2, 0.25) is 6.23 Å². The van der Waals surface area contributed by atoms with E-state index in [0.29, 0.717) is 12.0 Å². The van der Waals surface area contributed by atoms with Crippen LogP contribution in [0.5, 0.6) is 11.5 Å². The second-order valence-electron chi connectivity index (χ2n) is 7.20. The van der Waals surface area contributed by atoms with Crippen molar-refractivity contribution in [2.24, 2.45) is 5.10 Å². The van der Waals surface area contributed by atoms with Crippen molar-refractivity contribution in [3.63, 3.8) is 0 Å². The number of hydrogen-bond acceptors (Lipinski definition) is 6. The minimum Gasteiger partial charge on any atom is -0.497 e. The summed E-state index contributed by atoms with van der Waals surface area (Å²) in [5.41, 5.74) is 3.38. The first-order valence-electron chi connectivity index (χ1n) is 9.65. The zero-order chi connectivity index (χ0) is 20.7. The first-order valence-corrected chi connectivity index (χ1v) is 9.65. The van der Waals surface area contributed by atoms with E-state index in [2.05, 4.69) is 0 Å². The summed E-state index contributed by atoms with van der Waals surface area (Å²) < 4.78 is 11.6. The predicted molar refractivity (Wildman–Crippen MR) is 112 cm³/mol. The van der Waals surface area contributed by atoms with E-state index in [9.17, 15) is 10.1 Å². The molecule has 30 heavy (non-hydrogen) atoms. The maximum absolute atomic E-state index is 11.6. The molecule has 2 aliphatic heterocycles. The third-order valence-corrected chi connectivity index (χ3v) is 5.50. The lowest BCUT2D eigenvalue weighted by atomic mass is 9.95. The quantitative estimate of drug-likeness (QED) is 0.462. The molecule has 0 aliphatic carbocycles. The highest BCUT2D eigenvalue weighted by molar-refractivity contribution is 6.02. The summed E-state index contributed by atoms with van der Waals surface area (Å²) in [6, 6.07) is 22.2. The van der Waals surface area contributed by atoms with Gasteiger partial charge in [-0.3, -0.25) is 10.1 Å². The SMILES string of the molecule is COc1cccc(C2=NN3[C@@H](C2)c2ccccc2O[C@H]3c2ccccc2[N+](=O)[O-])c1. The number of fused-ring (bicyclic) bond motifs is 3. The van der Waals surface area contributed by atoms with Gasteiger partial charge in [0.1, 0.15) is 11.5 Å². The fourth-order valence-corrected chi connectivity index (χ4v) is 4.08. The van der Waals surface area contributed by atoms with E-state index in [1.807, 2.05) is 53.5 Å². The molecule has 150 valence electrons. The molecule has 0 fully saturated rings. The second-order valence-corrected chi connectivity index (χ2v) is 7.20. The van der Waals surface area contributed by atoms with Gasteiger partial charge in [-0.1, -0.05) is 42.5 Å². The van der Waals surface area contributed by atoms with Crippen LogP contribution in [-0.2, 0) is 0 Å². The van der Waals surface area contributed by atoms with Gasteiger partial charge in [-0.15, -0.1) is 0 Å². The predicted octanol–water partition coefficient (Wildman–Crippen LogP) is 4.85. The Kier molecular flexibility index (Phi) is 4.35. The molecule has 0 saturated heterocycles. The maximum Gasteiger partial charge on any atom is 0.278 e. The van der Waals surface area contributed by atoms with Gasteiger partial charge >= 0.3 is 0 Å². The highest BCUT2D eigenvalue weighted by Gasteiger charge is 2.42. The number of methoxy groups -OCH3 is 1. The van der Waals surface area contributed by atoms with Crippen molar-refractivity contribution in [3.8, 4) is 11.5 Å². The van der Waals surface area contributed by atoms with Crippen molar-refractivity contribution in [2.75, 3.05) is 7.11 Å². The van der Waals surface area contributed by atoms with Crippen LogP contribution in [0, 0.1) is 10.1 Å². The third-order valence-electron chi connectivity index (χ3n) is 5.50. The van der Waals surface area contributed by atoms with E-state index in [-0.39, 0.29) is 16.7 Å². The Morgan fingerprint density at radius 1 is 1.07 bits per heavy atom. The van der Waals surface area contributed by atoms with Gasteiger partial charge in [-0.05, 0) is 24.3 Å². The molecule has 3 aromatic carbocycles. The van der Waals surface area contributed by atoms with Crippen LogP contribution >= 0.6 is 0 Å². The van der Waals surface area contributed by atoms with Crippen LogP contribution in [-0.4, -0.2) is 22.8 Å². The van der Waals surface area contributed by atoms with E-state index in [1.54, 1.807) is 25.3 Å². The van der Waals surface area contributed by atoms with Gasteiger partial charge < -0.3 is 9.47 Å². The minimum atomic E-state index is -0.686. The van der Waals surface area contributed by atoms with E-state index in [0.717, 1.165) is 28.3 Å². The van der Waals surface area contributed by atoms with Crippen LogP contribution in [0.1, 0.15) is 35.4 Å². The van der Waals surface area contributed by atoms with Gasteiger partial charge in [0.25, 0.3) is 5.69 Å². The van der Waals surface area contributed by atoms with Gasteiger partial charge in [-0.2, -0.15) is 5.10 Å². The maximum atomic E-state index is 11.6. The number of ether oxygens (including phenoxy) is 2. The van der Waals surface area contributed by atoms with Crippen molar-refractivity contribution in [2.45, 2.75) is 18.7 Å². The summed E-state index contributed by atoms with van der Waals surface area (Å²) in [4.78, 5) is 11.3. The van der Waals surface area contributed by atoms with E-state index in [4.69, 9.17) is 14.6 Å². The Labute approximate surface area is 173 Å². The Morgan fingerprint density at radius 2 is 1.83 bits per heavy atom. The van der Waals surface area contributed by atoms with Crippen LogP contribution in [0.2, 0.25) is 0 Å². The molecule has 0 radical (unpaired) electrons. The van der Waals surface area contributed by atoms with Gasteiger partial charge in [-0.25, -0.2) is 5.01 Å². The Morgan fingerprint density at radius 3 is 2.63 bits per heavy atom. The zero-order valence-electron chi connectivity index (χ0n) is 16.3. The summed E-state index contributed by atoms with van der Waals surface area (Å²) in [5.74, 6) is 1.48. The minimum absolute atomic E-state index is 0.0191. The largest absolute Gasteiger partial charge is 0.497 e. The molecular weight excluding hydrogens is 382 g/mol. The average molecular weight is 401 g/mol. The number of benzene rings is 3. The molecule has 0 unspecified atom stereocenters. The molecule has 3 aromatic rings. The summed E-state index contributed by atoms with van der Waals surface area (Å²) >= 11 is 0. The Hall–Kier alpha value is -3.87. The third kappa shape index (κ3) is 2.95. The molecule has 0 N–H and O–H groups in total. The molecule has 0 spiro atoms. The van der Waals surface area contributed by atoms with Gasteiger partial charge in [0, 0.05) is 23.6 Å². The highest BCUT2D eigenvalue weighted by Crippen LogP contribution is 2.48. The molecule has 7 nitrogen and oxygen atoms in total. The van der Waals surface area contributed by atoms with Crippen molar-refractivity contribution in [1.29, 1.82) is 0 Å². The number of rotatable bonds is 4. The number of para-hydroxylation sites is 2. The highest BCUT2D eigenvalue weighted by atomic mass is 16.6. The molecule has 5 rings (SSSR count). The van der Waals surface area contributed by atoms with Crippen LogP contribution in [0.25, 0.3) is 0 Å². The van der Waals surface area contributed by atoms with Crippen molar-refractivity contribution >= 4 is 11.4 Å². The normalized spacial score (nSPS) is 19.4. The molecule has 0 bridgehead atoms. The molecular formula is C23H19N3O4. The van der Waals surface area contributed by atoms with Crippen molar-refractivity contribution < 1.29 is 14.4 Å². The monoisotopic (exact) mass is 401 g/mol. The molecule has 0 amide bonds. The topological polar surface area (TPSA) is 77.2 Å². The van der Waals surface area contributed by atoms with E-state index >= 15 is 0 Å². The lowest BCUT2D eigenvalue weighted by Gasteiger charge is -2.37. The Bertz CT molecular complexity index is 1160. The van der Waals surface area contributed by atoms with Crippen LogP contribution in [0.15, 0.2) is 77.9 Å². The molecule has 2 heterocycles. The first kappa shape index (κ1) is 18.2. The summed E-state index contributed by atoms with van der Waals surface area (Å²) in [6.07, 6.45) is -0.0142. The summed E-state index contributed by atoms with van der Waals surface area (Å²) in [7, 11) is 1.63. The molecule has 0 aromatic heterocycles. The summed E-state index contributed by atoms with van der Waals surface area (Å²) in [6.45, 7) is 0. The second kappa shape index (κ2) is 7.18. The smallest absolute Gasteiger partial charge is 0.278 e. The van der Waals surface area contributed by atoms with Gasteiger partial charge in [0.05, 0.1) is 29.4 Å². The fourth-order valence-electron chi connectivity index (χ4n) is 4.08. The van der Waals surface area contributed by atoms with E-state index in [1.165, 1.54) is 6.07 Å². The van der Waals surface area contributed by atoms with Crippen molar-refractivity contribution in [1.82, 2.24) is 5.01 Å². The van der Waals surface area contributed by atoms with E-state index < -0.39 is 6.23 Å². The number of nitro benzene ring substituents is 1. The number of nitro groups is 1. The summed E-state index contributed by atoms with van der Waals surface area (Å²) in [5, 5.41) is 18.3. The van der Waals surface area contributed by atoms with Crippen molar-refractivity contribution in [3.05, 3.63) is 99.6 Å². The molecule has 2 aliphatic rings. The van der Waals surface area contributed by atoms with Crippen LogP contribution in [0.3, 0.4) is 0 Å². The fraction of sp³-hybridized carbons (Fsp3) is 0.174. The zero-order valence-corrected chi connectivity index (χ0v) is 16.3. The Balaban J connectivity index is 1.62. The number of nitrogens with zero attached hydrogens (tertiary/aromatic N) is 3. The molecule has 7 heteroatoms. The van der Waals surface area contributed by atoms with Crippen LogP contribution in [0.4, 0.5) is 5.69 Å². The standard InChI is InChI=1S/C23H19N3O4/c1-29-16-8-6-7-15(13-16)19-14-21-17-9-3-5-12-22(17)30-23(25(21)24-19)18-10-2-4-11-20(18)26(27)28/h2-13,21,23H,14H2,1H3/t21-,23-/m0/s1. The number of hydrazone groups is 1. The molecule has 0 saturated carbocycles.